The van der Waals surface area contributed by atoms with E-state index in [4.69, 9.17) is 11.5 Å². The molecule has 2 aliphatic rings. The molecular weight excluding hydrogens is 280 g/mol. The number of aryl methyl sites for hydroxylation is 2. The molecule has 0 bridgehead atoms. The zero-order valence-corrected chi connectivity index (χ0v) is 13.3. The highest BCUT2D eigenvalue weighted by Gasteiger charge is 2.43. The van der Waals surface area contributed by atoms with Gasteiger partial charge in [0.25, 0.3) is 0 Å². The fourth-order valence-electron chi connectivity index (χ4n) is 3.79. The molecule has 1 aromatic rings. The van der Waals surface area contributed by atoms with E-state index < -0.39 is 5.54 Å². The van der Waals surface area contributed by atoms with E-state index in [1.54, 1.807) is 0 Å². The molecule has 21 heavy (non-hydrogen) atoms. The third-order valence-corrected chi connectivity index (χ3v) is 6.16. The topological polar surface area (TPSA) is 69.1 Å². The second kappa shape index (κ2) is 6.01. The average Bonchev–Trinajstić information content (AvgIpc) is 3.06. The molecule has 4 N–H and O–H groups in total. The first-order valence-electron chi connectivity index (χ1n) is 7.93. The van der Waals surface area contributed by atoms with Crippen molar-refractivity contribution in [3.05, 3.63) is 29.3 Å². The summed E-state index contributed by atoms with van der Waals surface area (Å²) in [5.41, 5.74) is 14.0. The van der Waals surface area contributed by atoms with Crippen LogP contribution in [0.4, 0.5) is 0 Å². The van der Waals surface area contributed by atoms with E-state index in [1.165, 1.54) is 35.3 Å². The molecule has 0 radical (unpaired) electrons. The van der Waals surface area contributed by atoms with Gasteiger partial charge in [-0.25, -0.2) is 0 Å². The minimum atomic E-state index is -0.765. The Labute approximate surface area is 130 Å². The van der Waals surface area contributed by atoms with E-state index in [1.807, 2.05) is 11.8 Å². The fourth-order valence-corrected chi connectivity index (χ4v) is 4.81. The first kappa shape index (κ1) is 14.9. The number of carbonyl (C=O) groups excluding carboxylic acids is 1. The summed E-state index contributed by atoms with van der Waals surface area (Å²) in [6.07, 6.45) is 7.52. The molecule has 1 fully saturated rings. The van der Waals surface area contributed by atoms with Crippen molar-refractivity contribution in [3.8, 4) is 0 Å². The predicted molar refractivity (Wildman–Crippen MR) is 87.3 cm³/mol. The van der Waals surface area contributed by atoms with Crippen molar-refractivity contribution < 1.29 is 4.79 Å². The lowest BCUT2D eigenvalue weighted by Gasteiger charge is -2.27. The molecule has 4 heteroatoms. The molecule has 0 aliphatic heterocycles. The van der Waals surface area contributed by atoms with Crippen LogP contribution in [0.15, 0.2) is 23.1 Å². The predicted octanol–water partition coefficient (Wildman–Crippen LogP) is 2.64. The summed E-state index contributed by atoms with van der Waals surface area (Å²) in [5.74, 6) is 0.930. The maximum atomic E-state index is 11.6. The van der Waals surface area contributed by atoms with Crippen LogP contribution in [0.2, 0.25) is 0 Å². The van der Waals surface area contributed by atoms with Crippen LogP contribution >= 0.6 is 11.8 Å². The van der Waals surface area contributed by atoms with Gasteiger partial charge in [0.05, 0.1) is 5.54 Å². The summed E-state index contributed by atoms with van der Waals surface area (Å²) in [7, 11) is 0. The van der Waals surface area contributed by atoms with Crippen LogP contribution in [-0.4, -0.2) is 17.2 Å². The molecule has 1 amide bonds. The summed E-state index contributed by atoms with van der Waals surface area (Å²) in [4.78, 5) is 12.9. The Morgan fingerprint density at radius 1 is 1.29 bits per heavy atom. The van der Waals surface area contributed by atoms with E-state index in [0.29, 0.717) is 0 Å². The Morgan fingerprint density at radius 3 is 2.90 bits per heavy atom. The smallest absolute Gasteiger partial charge is 0.237 e. The number of nitrogens with two attached hydrogens (primary N) is 2. The van der Waals surface area contributed by atoms with Crippen molar-refractivity contribution in [2.75, 3.05) is 5.75 Å². The van der Waals surface area contributed by atoms with Gasteiger partial charge in [0, 0.05) is 4.90 Å². The van der Waals surface area contributed by atoms with E-state index in [2.05, 4.69) is 18.2 Å². The Kier molecular flexibility index (Phi) is 4.27. The Balaban J connectivity index is 1.55. The van der Waals surface area contributed by atoms with Gasteiger partial charge in [-0.05, 0) is 73.5 Å². The van der Waals surface area contributed by atoms with Gasteiger partial charge in [-0.3, -0.25) is 4.79 Å². The first-order valence-corrected chi connectivity index (χ1v) is 8.91. The van der Waals surface area contributed by atoms with E-state index in [9.17, 15) is 4.79 Å². The van der Waals surface area contributed by atoms with E-state index >= 15 is 0 Å². The summed E-state index contributed by atoms with van der Waals surface area (Å²) >= 11 is 1.88. The lowest BCUT2D eigenvalue weighted by molar-refractivity contribution is -0.124. The summed E-state index contributed by atoms with van der Waals surface area (Å²) < 4.78 is 0. The van der Waals surface area contributed by atoms with Crippen molar-refractivity contribution in [1.29, 1.82) is 0 Å². The van der Waals surface area contributed by atoms with Crippen molar-refractivity contribution >= 4 is 17.7 Å². The third kappa shape index (κ3) is 2.97. The molecule has 1 aromatic carbocycles. The first-order chi connectivity index (χ1) is 10.1. The van der Waals surface area contributed by atoms with Gasteiger partial charge >= 0.3 is 0 Å². The number of thioether (sulfide) groups is 1. The van der Waals surface area contributed by atoms with Gasteiger partial charge in [0.1, 0.15) is 0 Å². The van der Waals surface area contributed by atoms with E-state index in [0.717, 1.165) is 31.4 Å². The molecule has 0 aromatic heterocycles. The number of hydrogen-bond donors (Lipinski definition) is 2. The SMILES string of the molecule is NC(=O)C1(N)CCCC1CCSc1ccc2c(c1)CCC2. The lowest BCUT2D eigenvalue weighted by Crippen LogP contribution is -2.54. The Hall–Kier alpha value is -1.00. The highest BCUT2D eigenvalue weighted by atomic mass is 32.2. The fraction of sp³-hybridized carbons (Fsp3) is 0.588. The molecule has 2 aliphatic carbocycles. The zero-order chi connectivity index (χ0) is 14.9. The van der Waals surface area contributed by atoms with E-state index in [-0.39, 0.29) is 11.8 Å². The molecular formula is C17H24N2OS. The summed E-state index contributed by atoms with van der Waals surface area (Å²) in [6.45, 7) is 0. The van der Waals surface area contributed by atoms with Crippen LogP contribution in [0.3, 0.4) is 0 Å². The number of fused-ring (bicyclic) bond motifs is 1. The molecule has 0 spiro atoms. The average molecular weight is 304 g/mol. The van der Waals surface area contributed by atoms with Gasteiger partial charge in [0.15, 0.2) is 0 Å². The van der Waals surface area contributed by atoms with Gasteiger partial charge in [-0.1, -0.05) is 12.5 Å². The zero-order valence-electron chi connectivity index (χ0n) is 12.4. The highest BCUT2D eigenvalue weighted by Crippen LogP contribution is 2.37. The van der Waals surface area contributed by atoms with Gasteiger partial charge in [-0.2, -0.15) is 0 Å². The minimum absolute atomic E-state index is 0.247. The molecule has 3 rings (SSSR count). The molecule has 2 unspecified atom stereocenters. The number of rotatable bonds is 5. The number of primary amides is 1. The van der Waals surface area contributed by atoms with Crippen LogP contribution in [0.25, 0.3) is 0 Å². The number of benzene rings is 1. The van der Waals surface area contributed by atoms with Gasteiger partial charge < -0.3 is 11.5 Å². The normalized spacial score (nSPS) is 27.8. The minimum Gasteiger partial charge on any atom is -0.368 e. The Bertz CT molecular complexity index is 546. The largest absolute Gasteiger partial charge is 0.368 e. The lowest BCUT2D eigenvalue weighted by atomic mass is 9.85. The standard InChI is InChI=1S/C17H24N2OS/c18-16(20)17(19)9-2-5-14(17)8-10-21-15-7-6-12-3-1-4-13(12)11-15/h6-7,11,14H,1-5,8-10,19H2,(H2,18,20). The monoisotopic (exact) mass is 304 g/mol. The molecule has 1 saturated carbocycles. The maximum absolute atomic E-state index is 11.6. The summed E-state index contributed by atoms with van der Waals surface area (Å²) in [6, 6.07) is 6.84. The molecule has 3 nitrogen and oxygen atoms in total. The van der Waals surface area contributed by atoms with Gasteiger partial charge in [0.2, 0.25) is 5.91 Å². The van der Waals surface area contributed by atoms with Gasteiger partial charge in [-0.15, -0.1) is 11.8 Å². The van der Waals surface area contributed by atoms with Crippen LogP contribution in [0.5, 0.6) is 0 Å². The highest BCUT2D eigenvalue weighted by molar-refractivity contribution is 7.99. The maximum Gasteiger partial charge on any atom is 0.237 e. The third-order valence-electron chi connectivity index (χ3n) is 5.14. The second-order valence-corrected chi connectivity index (χ2v) is 7.58. The Morgan fingerprint density at radius 2 is 2.10 bits per heavy atom. The van der Waals surface area contributed by atoms with Crippen LogP contribution in [-0.2, 0) is 17.6 Å². The van der Waals surface area contributed by atoms with Crippen LogP contribution in [0.1, 0.15) is 43.2 Å². The molecule has 0 saturated heterocycles. The second-order valence-electron chi connectivity index (χ2n) is 6.41. The van der Waals surface area contributed by atoms with Crippen LogP contribution < -0.4 is 11.5 Å². The van der Waals surface area contributed by atoms with Crippen molar-refractivity contribution in [2.45, 2.75) is 55.4 Å². The van der Waals surface area contributed by atoms with Crippen molar-refractivity contribution in [1.82, 2.24) is 0 Å². The quantitative estimate of drug-likeness (QED) is 0.822. The van der Waals surface area contributed by atoms with Crippen molar-refractivity contribution in [2.24, 2.45) is 17.4 Å². The van der Waals surface area contributed by atoms with Crippen LogP contribution in [0, 0.1) is 5.92 Å². The molecule has 114 valence electrons. The molecule has 0 heterocycles. The number of carbonyl (C=O) groups is 1. The molecule has 2 atom stereocenters. The van der Waals surface area contributed by atoms with Crippen molar-refractivity contribution in [3.63, 3.8) is 0 Å². The number of amides is 1. The summed E-state index contributed by atoms with van der Waals surface area (Å²) in [5, 5.41) is 0. The number of hydrogen-bond acceptors (Lipinski definition) is 3.